The van der Waals surface area contributed by atoms with Crippen LogP contribution in [0.4, 0.5) is 10.2 Å². The van der Waals surface area contributed by atoms with Gasteiger partial charge in [0.05, 0.1) is 0 Å². The van der Waals surface area contributed by atoms with Gasteiger partial charge < -0.3 is 11.1 Å². The monoisotopic (exact) mass is 208 g/mol. The molecule has 5 heteroatoms. The van der Waals surface area contributed by atoms with Gasteiger partial charge in [-0.05, 0) is 12.1 Å². The van der Waals surface area contributed by atoms with Crippen LogP contribution in [0.25, 0.3) is 10.9 Å². The summed E-state index contributed by atoms with van der Waals surface area (Å²) in [6, 6.07) is 4.94. The predicted molar refractivity (Wildman–Crippen MR) is 58.2 cm³/mol. The number of hydrogen-bond acceptors (Lipinski definition) is 3. The number of nitrogens with one attached hydrogen (secondary N) is 1. The van der Waals surface area contributed by atoms with Crippen molar-refractivity contribution in [3.05, 3.63) is 24.0 Å². The van der Waals surface area contributed by atoms with Gasteiger partial charge in [0, 0.05) is 25.5 Å². The molecule has 0 radical (unpaired) electrons. The molecule has 1 aromatic heterocycles. The van der Waals surface area contributed by atoms with Crippen molar-refractivity contribution in [3.8, 4) is 0 Å². The molecule has 80 valence electrons. The Labute approximate surface area is 86.9 Å². The van der Waals surface area contributed by atoms with Crippen molar-refractivity contribution in [2.24, 2.45) is 12.8 Å². The first-order valence-electron chi connectivity index (χ1n) is 4.79. The van der Waals surface area contributed by atoms with Gasteiger partial charge in [0.15, 0.2) is 5.82 Å². The van der Waals surface area contributed by atoms with Gasteiger partial charge in [-0.3, -0.25) is 4.68 Å². The number of halogens is 1. The molecule has 0 fully saturated rings. The van der Waals surface area contributed by atoms with Crippen molar-refractivity contribution >= 4 is 16.7 Å². The van der Waals surface area contributed by atoms with Crippen LogP contribution in [0.1, 0.15) is 0 Å². The Kier molecular flexibility index (Phi) is 2.55. The Balaban J connectivity index is 2.53. The van der Waals surface area contributed by atoms with E-state index in [1.807, 2.05) is 6.07 Å². The van der Waals surface area contributed by atoms with Gasteiger partial charge in [-0.1, -0.05) is 6.07 Å². The minimum Gasteiger partial charge on any atom is -0.367 e. The van der Waals surface area contributed by atoms with Gasteiger partial charge in [0.2, 0.25) is 0 Å². The van der Waals surface area contributed by atoms with Crippen molar-refractivity contribution < 1.29 is 4.39 Å². The van der Waals surface area contributed by atoms with E-state index in [4.69, 9.17) is 5.73 Å². The first-order valence-corrected chi connectivity index (χ1v) is 4.79. The smallest absolute Gasteiger partial charge is 0.156 e. The average Bonchev–Trinajstić information content (AvgIpc) is 2.54. The summed E-state index contributed by atoms with van der Waals surface area (Å²) in [5.74, 6) is 0.417. The fourth-order valence-corrected chi connectivity index (χ4v) is 1.61. The summed E-state index contributed by atoms with van der Waals surface area (Å²) < 4.78 is 15.0. The van der Waals surface area contributed by atoms with E-state index >= 15 is 0 Å². The van der Waals surface area contributed by atoms with E-state index in [-0.39, 0.29) is 5.82 Å². The van der Waals surface area contributed by atoms with Crippen LogP contribution in [-0.2, 0) is 7.05 Å². The zero-order chi connectivity index (χ0) is 10.8. The Morgan fingerprint density at radius 3 is 3.07 bits per heavy atom. The summed E-state index contributed by atoms with van der Waals surface area (Å²) in [6.45, 7) is 1.15. The summed E-state index contributed by atoms with van der Waals surface area (Å²) in [5, 5.41) is 8.04. The van der Waals surface area contributed by atoms with Gasteiger partial charge in [-0.25, -0.2) is 4.39 Å². The van der Waals surface area contributed by atoms with E-state index in [1.54, 1.807) is 13.1 Å². The molecule has 1 aromatic carbocycles. The lowest BCUT2D eigenvalue weighted by atomic mass is 10.2. The number of benzene rings is 1. The maximum atomic E-state index is 13.5. The molecule has 0 spiro atoms. The molecule has 2 aromatic rings. The van der Waals surface area contributed by atoms with Crippen LogP contribution >= 0.6 is 0 Å². The Bertz CT molecular complexity index is 477. The largest absolute Gasteiger partial charge is 0.367 e. The van der Waals surface area contributed by atoms with Crippen LogP contribution in [0.5, 0.6) is 0 Å². The molecule has 0 saturated carbocycles. The third-order valence-electron chi connectivity index (χ3n) is 2.25. The molecule has 0 atom stereocenters. The van der Waals surface area contributed by atoms with Crippen LogP contribution < -0.4 is 11.1 Å². The standard InChI is InChI=1S/C10H13FN4/c1-15-9-7(3-2-4-8(9)11)10(14-15)13-6-5-12/h2-4H,5-6,12H2,1H3,(H,13,14). The summed E-state index contributed by atoms with van der Waals surface area (Å²) in [4.78, 5) is 0. The average molecular weight is 208 g/mol. The van der Waals surface area contributed by atoms with E-state index in [1.165, 1.54) is 10.7 Å². The highest BCUT2D eigenvalue weighted by Crippen LogP contribution is 2.23. The van der Waals surface area contributed by atoms with E-state index in [0.29, 0.717) is 24.4 Å². The van der Waals surface area contributed by atoms with Crippen molar-refractivity contribution in [1.82, 2.24) is 9.78 Å². The zero-order valence-electron chi connectivity index (χ0n) is 8.50. The fourth-order valence-electron chi connectivity index (χ4n) is 1.61. The highest BCUT2D eigenvalue weighted by atomic mass is 19.1. The molecule has 0 unspecified atom stereocenters. The highest BCUT2D eigenvalue weighted by Gasteiger charge is 2.10. The fraction of sp³-hybridized carbons (Fsp3) is 0.300. The molecule has 15 heavy (non-hydrogen) atoms. The highest BCUT2D eigenvalue weighted by molar-refractivity contribution is 5.90. The van der Waals surface area contributed by atoms with Crippen molar-refractivity contribution in [1.29, 1.82) is 0 Å². The molecule has 0 amide bonds. The van der Waals surface area contributed by atoms with Crippen LogP contribution in [0.2, 0.25) is 0 Å². The second-order valence-electron chi connectivity index (χ2n) is 3.32. The summed E-state index contributed by atoms with van der Waals surface area (Å²) in [7, 11) is 1.72. The molecule has 4 nitrogen and oxygen atoms in total. The Morgan fingerprint density at radius 1 is 1.53 bits per heavy atom. The third kappa shape index (κ3) is 1.66. The lowest BCUT2D eigenvalue weighted by Gasteiger charge is -1.99. The summed E-state index contributed by atoms with van der Waals surface area (Å²) >= 11 is 0. The van der Waals surface area contributed by atoms with Gasteiger partial charge in [0.25, 0.3) is 0 Å². The molecule has 0 aliphatic rings. The number of rotatable bonds is 3. The molecule has 1 heterocycles. The lowest BCUT2D eigenvalue weighted by Crippen LogP contribution is -2.13. The van der Waals surface area contributed by atoms with E-state index < -0.39 is 0 Å². The minimum atomic E-state index is -0.261. The second-order valence-corrected chi connectivity index (χ2v) is 3.32. The van der Waals surface area contributed by atoms with Gasteiger partial charge >= 0.3 is 0 Å². The van der Waals surface area contributed by atoms with Crippen molar-refractivity contribution in [2.45, 2.75) is 0 Å². The number of aromatic nitrogens is 2. The molecule has 0 saturated heterocycles. The van der Waals surface area contributed by atoms with Gasteiger partial charge in [-0.15, -0.1) is 0 Å². The SMILES string of the molecule is Cn1nc(NCCN)c2cccc(F)c21. The minimum absolute atomic E-state index is 0.261. The molecule has 0 bridgehead atoms. The second kappa shape index (κ2) is 3.86. The summed E-state index contributed by atoms with van der Waals surface area (Å²) in [6.07, 6.45) is 0. The third-order valence-corrected chi connectivity index (χ3v) is 2.25. The van der Waals surface area contributed by atoms with Gasteiger partial charge in [0.1, 0.15) is 11.3 Å². The lowest BCUT2D eigenvalue weighted by molar-refractivity contribution is 0.626. The quantitative estimate of drug-likeness (QED) is 0.793. The summed E-state index contributed by atoms with van der Waals surface area (Å²) in [5.41, 5.74) is 5.90. The number of anilines is 1. The molecule has 0 aliphatic carbocycles. The van der Waals surface area contributed by atoms with Crippen molar-refractivity contribution in [3.63, 3.8) is 0 Å². The number of nitrogens with two attached hydrogens (primary N) is 1. The number of nitrogens with zero attached hydrogens (tertiary/aromatic N) is 2. The topological polar surface area (TPSA) is 55.9 Å². The van der Waals surface area contributed by atoms with E-state index in [9.17, 15) is 4.39 Å². The molecular weight excluding hydrogens is 195 g/mol. The molecule has 0 aliphatic heterocycles. The Morgan fingerprint density at radius 2 is 2.33 bits per heavy atom. The van der Waals surface area contributed by atoms with E-state index in [2.05, 4.69) is 10.4 Å². The first-order chi connectivity index (χ1) is 7.24. The molecule has 2 rings (SSSR count). The molecular formula is C10H13FN4. The normalized spacial score (nSPS) is 10.9. The maximum Gasteiger partial charge on any atom is 0.156 e. The number of hydrogen-bond donors (Lipinski definition) is 2. The first kappa shape index (κ1) is 9.92. The van der Waals surface area contributed by atoms with Crippen molar-refractivity contribution in [2.75, 3.05) is 18.4 Å². The maximum absolute atomic E-state index is 13.5. The number of aryl methyl sites for hydroxylation is 1. The van der Waals surface area contributed by atoms with Gasteiger partial charge in [-0.2, -0.15) is 5.10 Å². The number of para-hydroxylation sites is 1. The number of fused-ring (bicyclic) bond motifs is 1. The Hall–Kier alpha value is -1.62. The van der Waals surface area contributed by atoms with Crippen LogP contribution in [0.3, 0.4) is 0 Å². The molecule has 3 N–H and O–H groups in total. The zero-order valence-corrected chi connectivity index (χ0v) is 8.50. The van der Waals surface area contributed by atoms with Crippen LogP contribution in [-0.4, -0.2) is 22.9 Å². The van der Waals surface area contributed by atoms with Crippen LogP contribution in [0, 0.1) is 5.82 Å². The van der Waals surface area contributed by atoms with Crippen LogP contribution in [0.15, 0.2) is 18.2 Å². The predicted octanol–water partition coefficient (Wildman–Crippen LogP) is 1.08. The van der Waals surface area contributed by atoms with E-state index in [0.717, 1.165) is 5.39 Å².